The summed E-state index contributed by atoms with van der Waals surface area (Å²) in [5.74, 6) is -0.556. The minimum Gasteiger partial charge on any atom is -0.331 e. The second-order valence-corrected chi connectivity index (χ2v) is 9.34. The molecular weight excluding hydrogens is 366 g/mol. The highest BCUT2D eigenvalue weighted by Gasteiger charge is 2.29. The maximum absolute atomic E-state index is 12.5. The highest BCUT2D eigenvalue weighted by atomic mass is 32.2. The number of nitrogens with zero attached hydrogens (tertiary/aromatic N) is 2. The predicted molar refractivity (Wildman–Crippen MR) is 93.3 cm³/mol. The molecule has 0 fully saturated rings. The lowest BCUT2D eigenvalue weighted by Crippen LogP contribution is -2.40. The van der Waals surface area contributed by atoms with Crippen molar-refractivity contribution in [3.05, 3.63) is 48.2 Å². The molecule has 0 aromatic heterocycles. The van der Waals surface area contributed by atoms with Crippen molar-refractivity contribution in [3.63, 3.8) is 0 Å². The molecule has 1 aromatic rings. The normalized spacial score (nSPS) is 18.8. The van der Waals surface area contributed by atoms with E-state index in [0.717, 1.165) is 6.26 Å². The van der Waals surface area contributed by atoms with Crippen LogP contribution >= 0.6 is 0 Å². The highest BCUT2D eigenvalue weighted by Crippen LogP contribution is 2.20. The molecule has 0 radical (unpaired) electrons. The third-order valence-electron chi connectivity index (χ3n) is 3.64. The molecule has 1 amide bonds. The number of sulfonamides is 1. The number of carbonyl (C=O) groups excluding carboxylic acids is 1. The Hall–Kier alpha value is -2.46. The maximum atomic E-state index is 12.5. The molecule has 8 nitrogen and oxygen atoms in total. The van der Waals surface area contributed by atoms with Crippen LogP contribution in [0.5, 0.6) is 0 Å². The van der Waals surface area contributed by atoms with Crippen LogP contribution in [0.3, 0.4) is 0 Å². The molecule has 0 spiro atoms. The van der Waals surface area contributed by atoms with Gasteiger partial charge in [0.2, 0.25) is 0 Å². The van der Waals surface area contributed by atoms with E-state index in [-0.39, 0.29) is 28.6 Å². The standard InChI is InChI=1S/C15H15N3O5S2/c1-24(20,21)12-6-4-11(5-7-12)16-15(19)13-3-2-8-18-9-10-25(22,23)17-14(13)18/h2-8H,9-10H2,1H3,(H,16,19). The van der Waals surface area contributed by atoms with Gasteiger partial charge in [0, 0.05) is 24.7 Å². The van der Waals surface area contributed by atoms with Crippen LogP contribution in [-0.2, 0) is 24.7 Å². The second-order valence-electron chi connectivity index (χ2n) is 5.57. The van der Waals surface area contributed by atoms with E-state index in [1.807, 2.05) is 0 Å². The Bertz CT molecular complexity index is 1020. The van der Waals surface area contributed by atoms with Crippen molar-refractivity contribution < 1.29 is 21.6 Å². The molecule has 1 aromatic carbocycles. The number of carbonyl (C=O) groups is 1. The third-order valence-corrected chi connectivity index (χ3v) is 5.92. The van der Waals surface area contributed by atoms with Crippen LogP contribution in [0.2, 0.25) is 0 Å². The van der Waals surface area contributed by atoms with E-state index >= 15 is 0 Å². The molecule has 132 valence electrons. The topological polar surface area (TPSA) is 113 Å². The van der Waals surface area contributed by atoms with Crippen molar-refractivity contribution in [2.24, 2.45) is 4.40 Å². The van der Waals surface area contributed by atoms with E-state index in [9.17, 15) is 21.6 Å². The molecule has 25 heavy (non-hydrogen) atoms. The Kier molecular flexibility index (Phi) is 4.25. The summed E-state index contributed by atoms with van der Waals surface area (Å²) in [6, 6.07) is 5.69. The number of hydrogen-bond donors (Lipinski definition) is 1. The molecular formula is C15H15N3O5S2. The fourth-order valence-electron chi connectivity index (χ4n) is 2.38. The monoisotopic (exact) mass is 381 g/mol. The van der Waals surface area contributed by atoms with Gasteiger partial charge in [-0.05, 0) is 36.4 Å². The zero-order valence-electron chi connectivity index (χ0n) is 13.2. The van der Waals surface area contributed by atoms with E-state index < -0.39 is 25.8 Å². The third kappa shape index (κ3) is 3.80. The van der Waals surface area contributed by atoms with Crippen molar-refractivity contribution in [3.8, 4) is 0 Å². The smallest absolute Gasteiger partial charge is 0.259 e. The van der Waals surface area contributed by atoms with E-state index in [1.54, 1.807) is 17.2 Å². The van der Waals surface area contributed by atoms with Gasteiger partial charge in [0.15, 0.2) is 15.7 Å². The van der Waals surface area contributed by atoms with Gasteiger partial charge in [-0.3, -0.25) is 4.79 Å². The van der Waals surface area contributed by atoms with Crippen molar-refractivity contribution >= 4 is 37.3 Å². The molecule has 2 aliphatic rings. The first-order valence-corrected chi connectivity index (χ1v) is 10.8. The van der Waals surface area contributed by atoms with Crippen LogP contribution in [0.4, 0.5) is 5.69 Å². The Morgan fingerprint density at radius 2 is 1.92 bits per heavy atom. The summed E-state index contributed by atoms with van der Waals surface area (Å²) in [7, 11) is -6.91. The van der Waals surface area contributed by atoms with E-state index in [2.05, 4.69) is 9.71 Å². The van der Waals surface area contributed by atoms with Gasteiger partial charge >= 0.3 is 0 Å². The number of amidine groups is 1. The van der Waals surface area contributed by atoms with Crippen molar-refractivity contribution in [1.82, 2.24) is 4.90 Å². The number of sulfone groups is 1. The molecule has 2 heterocycles. The van der Waals surface area contributed by atoms with Crippen molar-refractivity contribution in [2.45, 2.75) is 4.90 Å². The molecule has 0 atom stereocenters. The lowest BCUT2D eigenvalue weighted by atomic mass is 10.1. The Balaban J connectivity index is 1.84. The van der Waals surface area contributed by atoms with Gasteiger partial charge in [0.05, 0.1) is 16.2 Å². The lowest BCUT2D eigenvalue weighted by molar-refractivity contribution is -0.112. The molecule has 1 N–H and O–H groups in total. The molecule has 0 saturated carbocycles. The van der Waals surface area contributed by atoms with Crippen LogP contribution < -0.4 is 5.32 Å². The number of allylic oxidation sites excluding steroid dienone is 2. The Labute approximate surface area is 145 Å². The van der Waals surface area contributed by atoms with Crippen molar-refractivity contribution in [1.29, 1.82) is 0 Å². The maximum Gasteiger partial charge on any atom is 0.259 e. The van der Waals surface area contributed by atoms with Crippen LogP contribution in [0.25, 0.3) is 0 Å². The molecule has 0 unspecified atom stereocenters. The van der Waals surface area contributed by atoms with Gasteiger partial charge in [-0.2, -0.15) is 0 Å². The number of rotatable bonds is 3. The largest absolute Gasteiger partial charge is 0.331 e. The van der Waals surface area contributed by atoms with Crippen LogP contribution in [-0.4, -0.2) is 52.0 Å². The SMILES string of the molecule is CS(=O)(=O)c1ccc(NC(=O)C2=CC=CN3CCS(=O)(=O)N=C23)cc1. The van der Waals surface area contributed by atoms with E-state index in [0.29, 0.717) is 5.69 Å². The average Bonchev–Trinajstić information content (AvgIpc) is 2.53. The fourth-order valence-corrected chi connectivity index (χ4v) is 3.99. The van der Waals surface area contributed by atoms with Gasteiger partial charge in [-0.25, -0.2) is 16.8 Å². The molecule has 10 heteroatoms. The average molecular weight is 381 g/mol. The number of fused-ring (bicyclic) bond motifs is 1. The quantitative estimate of drug-likeness (QED) is 0.817. The molecule has 0 saturated heterocycles. The minimum absolute atomic E-state index is 0.0824. The number of anilines is 1. The Morgan fingerprint density at radius 3 is 2.56 bits per heavy atom. The molecule has 0 bridgehead atoms. The van der Waals surface area contributed by atoms with E-state index in [4.69, 9.17) is 0 Å². The van der Waals surface area contributed by atoms with Gasteiger partial charge < -0.3 is 10.2 Å². The van der Waals surface area contributed by atoms with Crippen LogP contribution in [0, 0.1) is 0 Å². The number of benzene rings is 1. The number of amides is 1. The fraction of sp³-hybridized carbons (Fsp3) is 0.200. The van der Waals surface area contributed by atoms with E-state index in [1.165, 1.54) is 30.3 Å². The first kappa shape index (κ1) is 17.4. The van der Waals surface area contributed by atoms with Gasteiger partial charge in [-0.1, -0.05) is 0 Å². The molecule has 3 rings (SSSR count). The highest BCUT2D eigenvalue weighted by molar-refractivity contribution is 7.90. The van der Waals surface area contributed by atoms with Crippen LogP contribution in [0.1, 0.15) is 0 Å². The van der Waals surface area contributed by atoms with Crippen molar-refractivity contribution in [2.75, 3.05) is 23.9 Å². The summed E-state index contributed by atoms with van der Waals surface area (Å²) < 4.78 is 50.0. The summed E-state index contributed by atoms with van der Waals surface area (Å²) >= 11 is 0. The number of hydrogen-bond acceptors (Lipinski definition) is 6. The Morgan fingerprint density at radius 1 is 1.24 bits per heavy atom. The van der Waals surface area contributed by atoms with Crippen LogP contribution in [0.15, 0.2) is 57.5 Å². The summed E-state index contributed by atoms with van der Waals surface area (Å²) in [6.07, 6.45) is 5.87. The molecule has 0 aliphatic carbocycles. The van der Waals surface area contributed by atoms with Gasteiger partial charge in [0.1, 0.15) is 0 Å². The lowest BCUT2D eigenvalue weighted by Gasteiger charge is -2.28. The van der Waals surface area contributed by atoms with Gasteiger partial charge in [-0.15, -0.1) is 4.40 Å². The zero-order valence-corrected chi connectivity index (χ0v) is 14.8. The minimum atomic E-state index is -3.59. The molecule has 2 aliphatic heterocycles. The first-order chi connectivity index (χ1) is 11.7. The number of nitrogens with one attached hydrogen (secondary N) is 1. The predicted octanol–water partition coefficient (Wildman–Crippen LogP) is 0.526. The summed E-state index contributed by atoms with van der Waals surface area (Å²) in [5.41, 5.74) is 0.511. The zero-order chi connectivity index (χ0) is 18.2. The second kappa shape index (κ2) is 6.12. The summed E-state index contributed by atoms with van der Waals surface area (Å²) in [5, 5.41) is 2.61. The first-order valence-electron chi connectivity index (χ1n) is 7.25. The van der Waals surface area contributed by atoms with Gasteiger partial charge in [0.25, 0.3) is 15.9 Å². The summed E-state index contributed by atoms with van der Waals surface area (Å²) in [4.78, 5) is 14.2. The summed E-state index contributed by atoms with van der Waals surface area (Å²) in [6.45, 7) is 0.228.